The Balaban J connectivity index is 2.43. The number of benzene rings is 2. The zero-order valence-electron chi connectivity index (χ0n) is 14.7. The minimum Gasteiger partial charge on any atom is -0.394 e. The molecular formula is C21H26N2S. The fraction of sp³-hybridized carbons (Fsp3) is 0.238. The lowest BCUT2D eigenvalue weighted by atomic mass is 10.0. The standard InChI is InChI=1S/C21H26N2S/c1-4-17(13-14-22-2)9-10-18-11-12-21(23(3)15-16-24)20-8-6-5-7-19(18)20/h4-14,22,24H,15-16H2,1-3H3/b10-9+,14-13-,17-4-. The maximum Gasteiger partial charge on any atom is 0.0444 e. The number of fused-ring (bicyclic) bond motifs is 1. The van der Waals surface area contributed by atoms with Crippen molar-refractivity contribution in [3.63, 3.8) is 0 Å². The summed E-state index contributed by atoms with van der Waals surface area (Å²) in [5.74, 6) is 0.842. The van der Waals surface area contributed by atoms with Gasteiger partial charge in [0, 0.05) is 37.5 Å². The van der Waals surface area contributed by atoms with Crippen LogP contribution >= 0.6 is 12.6 Å². The second-order valence-corrected chi connectivity index (χ2v) is 6.06. The van der Waals surface area contributed by atoms with Crippen LogP contribution < -0.4 is 10.2 Å². The predicted molar refractivity (Wildman–Crippen MR) is 112 cm³/mol. The molecule has 2 nitrogen and oxygen atoms in total. The van der Waals surface area contributed by atoms with Crippen LogP contribution in [-0.4, -0.2) is 26.4 Å². The fourth-order valence-corrected chi connectivity index (χ4v) is 2.97. The van der Waals surface area contributed by atoms with Gasteiger partial charge in [-0.25, -0.2) is 0 Å². The van der Waals surface area contributed by atoms with E-state index in [9.17, 15) is 0 Å². The van der Waals surface area contributed by atoms with Crippen LogP contribution in [0.2, 0.25) is 0 Å². The molecule has 2 aromatic rings. The van der Waals surface area contributed by atoms with Crippen LogP contribution in [0.25, 0.3) is 16.8 Å². The van der Waals surface area contributed by atoms with Crippen molar-refractivity contribution in [2.75, 3.05) is 31.3 Å². The van der Waals surface area contributed by atoms with Gasteiger partial charge in [0.2, 0.25) is 0 Å². The van der Waals surface area contributed by atoms with Crippen LogP contribution in [0.4, 0.5) is 5.69 Å². The van der Waals surface area contributed by atoms with E-state index in [1.54, 1.807) is 0 Å². The van der Waals surface area contributed by atoms with Gasteiger partial charge in [0.25, 0.3) is 0 Å². The summed E-state index contributed by atoms with van der Waals surface area (Å²) >= 11 is 4.35. The summed E-state index contributed by atoms with van der Waals surface area (Å²) in [4.78, 5) is 2.26. The number of rotatable bonds is 7. The number of thiol groups is 1. The van der Waals surface area contributed by atoms with Crippen molar-refractivity contribution in [2.24, 2.45) is 0 Å². The molecule has 0 aromatic heterocycles. The Morgan fingerprint density at radius 1 is 1.12 bits per heavy atom. The van der Waals surface area contributed by atoms with Crippen molar-refractivity contribution in [2.45, 2.75) is 6.92 Å². The lowest BCUT2D eigenvalue weighted by molar-refractivity contribution is 0.986. The highest BCUT2D eigenvalue weighted by atomic mass is 32.1. The first-order chi connectivity index (χ1) is 11.7. The van der Waals surface area contributed by atoms with E-state index in [1.165, 1.54) is 27.6 Å². The third-order valence-corrected chi connectivity index (χ3v) is 4.21. The Morgan fingerprint density at radius 3 is 2.54 bits per heavy atom. The van der Waals surface area contributed by atoms with E-state index in [1.807, 2.05) is 20.2 Å². The van der Waals surface area contributed by atoms with Crippen molar-refractivity contribution in [1.29, 1.82) is 0 Å². The summed E-state index contributed by atoms with van der Waals surface area (Å²) in [5.41, 5.74) is 3.65. The molecule has 0 saturated carbocycles. The molecule has 0 aliphatic heterocycles. The molecule has 1 N–H and O–H groups in total. The molecule has 2 aromatic carbocycles. The Hall–Kier alpha value is -2.13. The minimum atomic E-state index is 0.842. The Kier molecular flexibility index (Phi) is 7.01. The van der Waals surface area contributed by atoms with Gasteiger partial charge in [0.05, 0.1) is 0 Å². The molecule has 0 aliphatic rings. The Morgan fingerprint density at radius 2 is 1.88 bits per heavy atom. The number of allylic oxidation sites excluding steroid dienone is 4. The van der Waals surface area contributed by atoms with Gasteiger partial charge in [-0.15, -0.1) is 0 Å². The molecule has 0 atom stereocenters. The molecule has 0 amide bonds. The van der Waals surface area contributed by atoms with Crippen molar-refractivity contribution in [3.8, 4) is 0 Å². The van der Waals surface area contributed by atoms with Crippen molar-refractivity contribution < 1.29 is 0 Å². The SMILES string of the molecule is C/C=C(\C=C/NC)/C=C/c1ccc(N(C)CCS)c2ccccc12. The molecule has 0 aliphatic carbocycles. The highest BCUT2D eigenvalue weighted by Crippen LogP contribution is 2.30. The second kappa shape index (κ2) is 9.24. The first kappa shape index (κ1) is 18.2. The fourth-order valence-electron chi connectivity index (χ4n) is 2.67. The third-order valence-electron chi connectivity index (χ3n) is 4.01. The Bertz CT molecular complexity index is 760. The van der Waals surface area contributed by atoms with Crippen molar-refractivity contribution in [1.82, 2.24) is 5.32 Å². The summed E-state index contributed by atoms with van der Waals surface area (Å²) in [6.07, 6.45) is 10.4. The van der Waals surface area contributed by atoms with Gasteiger partial charge >= 0.3 is 0 Å². The van der Waals surface area contributed by atoms with Crippen LogP contribution in [-0.2, 0) is 0 Å². The quantitative estimate of drug-likeness (QED) is 0.551. The first-order valence-corrected chi connectivity index (χ1v) is 8.86. The summed E-state index contributed by atoms with van der Waals surface area (Å²) in [7, 11) is 4.02. The average Bonchev–Trinajstić information content (AvgIpc) is 2.62. The summed E-state index contributed by atoms with van der Waals surface area (Å²) < 4.78 is 0. The van der Waals surface area contributed by atoms with Gasteiger partial charge in [-0.3, -0.25) is 0 Å². The van der Waals surface area contributed by atoms with Crippen LogP contribution in [0, 0.1) is 0 Å². The molecule has 0 spiro atoms. The molecular weight excluding hydrogens is 312 g/mol. The molecule has 24 heavy (non-hydrogen) atoms. The first-order valence-electron chi connectivity index (χ1n) is 8.23. The lowest BCUT2D eigenvalue weighted by Crippen LogP contribution is -2.19. The second-order valence-electron chi connectivity index (χ2n) is 5.61. The molecule has 0 fully saturated rings. The van der Waals surface area contributed by atoms with Gasteiger partial charge in [-0.2, -0.15) is 12.6 Å². The highest BCUT2D eigenvalue weighted by Gasteiger charge is 2.07. The summed E-state index contributed by atoms with van der Waals surface area (Å²) in [6, 6.07) is 13.0. The van der Waals surface area contributed by atoms with Crippen molar-refractivity contribution in [3.05, 3.63) is 72.0 Å². The van der Waals surface area contributed by atoms with Gasteiger partial charge < -0.3 is 10.2 Å². The molecule has 0 bridgehead atoms. The molecule has 126 valence electrons. The molecule has 0 heterocycles. The lowest BCUT2D eigenvalue weighted by Gasteiger charge is -2.21. The largest absolute Gasteiger partial charge is 0.394 e. The normalized spacial score (nSPS) is 12.4. The van der Waals surface area contributed by atoms with Crippen LogP contribution in [0.3, 0.4) is 0 Å². The monoisotopic (exact) mass is 338 g/mol. The maximum atomic E-state index is 4.35. The number of nitrogens with one attached hydrogen (secondary N) is 1. The van der Waals surface area contributed by atoms with Gasteiger partial charge in [0.1, 0.15) is 0 Å². The zero-order valence-corrected chi connectivity index (χ0v) is 15.6. The molecule has 2 rings (SSSR count). The van der Waals surface area contributed by atoms with E-state index in [4.69, 9.17) is 0 Å². The van der Waals surface area contributed by atoms with Gasteiger partial charge in [-0.1, -0.05) is 48.6 Å². The van der Waals surface area contributed by atoms with E-state index >= 15 is 0 Å². The van der Waals surface area contributed by atoms with Gasteiger partial charge in [0.15, 0.2) is 0 Å². The van der Waals surface area contributed by atoms with E-state index in [-0.39, 0.29) is 0 Å². The number of nitrogens with zero attached hydrogens (tertiary/aromatic N) is 1. The summed E-state index contributed by atoms with van der Waals surface area (Å²) in [5, 5.41) is 5.57. The van der Waals surface area contributed by atoms with Crippen LogP contribution in [0.15, 0.2) is 66.4 Å². The van der Waals surface area contributed by atoms with E-state index in [0.717, 1.165) is 12.3 Å². The molecule has 3 heteroatoms. The van der Waals surface area contributed by atoms with Crippen LogP contribution in [0.5, 0.6) is 0 Å². The predicted octanol–water partition coefficient (Wildman–Crippen LogP) is 4.90. The van der Waals surface area contributed by atoms with Gasteiger partial charge in [-0.05, 0) is 41.8 Å². The van der Waals surface area contributed by atoms with E-state index in [2.05, 4.69) is 90.6 Å². The Labute approximate surface area is 151 Å². The van der Waals surface area contributed by atoms with E-state index < -0.39 is 0 Å². The maximum absolute atomic E-state index is 4.35. The topological polar surface area (TPSA) is 15.3 Å². The molecule has 0 saturated heterocycles. The third kappa shape index (κ3) is 4.45. The molecule has 0 unspecified atom stereocenters. The zero-order chi connectivity index (χ0) is 17.4. The van der Waals surface area contributed by atoms with Crippen LogP contribution in [0.1, 0.15) is 12.5 Å². The summed E-state index contributed by atoms with van der Waals surface area (Å²) in [6.45, 7) is 2.98. The minimum absolute atomic E-state index is 0.842. The van der Waals surface area contributed by atoms with E-state index in [0.29, 0.717) is 0 Å². The smallest absolute Gasteiger partial charge is 0.0444 e. The highest BCUT2D eigenvalue weighted by molar-refractivity contribution is 7.80. The average molecular weight is 339 g/mol. The number of hydrogen-bond donors (Lipinski definition) is 2. The number of hydrogen-bond acceptors (Lipinski definition) is 3. The number of anilines is 1. The molecule has 0 radical (unpaired) electrons. The van der Waals surface area contributed by atoms with Crippen molar-refractivity contribution >= 4 is 35.2 Å².